The van der Waals surface area contributed by atoms with Crippen LogP contribution in [0.2, 0.25) is 5.15 Å². The third-order valence-electron chi connectivity index (χ3n) is 2.29. The van der Waals surface area contributed by atoms with Crippen molar-refractivity contribution in [1.29, 1.82) is 0 Å². The van der Waals surface area contributed by atoms with Crippen molar-refractivity contribution >= 4 is 34.8 Å². The molecule has 0 saturated carbocycles. The van der Waals surface area contributed by atoms with E-state index in [0.717, 1.165) is 17.4 Å². The molecule has 0 fully saturated rings. The number of halogens is 1. The van der Waals surface area contributed by atoms with E-state index in [1.807, 2.05) is 12.1 Å². The number of nitrogens with zero attached hydrogens (tertiary/aromatic N) is 2. The van der Waals surface area contributed by atoms with Crippen molar-refractivity contribution in [1.82, 2.24) is 8.75 Å². The molecule has 16 heavy (non-hydrogen) atoms. The summed E-state index contributed by atoms with van der Waals surface area (Å²) in [6.45, 7) is 4.34. The summed E-state index contributed by atoms with van der Waals surface area (Å²) >= 11 is 6.94. The van der Waals surface area contributed by atoms with Gasteiger partial charge >= 0.3 is 0 Å². The second kappa shape index (κ2) is 4.80. The van der Waals surface area contributed by atoms with Crippen LogP contribution in [0.3, 0.4) is 0 Å². The van der Waals surface area contributed by atoms with Crippen LogP contribution in [0.25, 0.3) is 0 Å². The molecular weight excluding hydrogens is 242 g/mol. The Labute approximate surface area is 104 Å². The molecule has 0 radical (unpaired) electrons. The van der Waals surface area contributed by atoms with Crippen LogP contribution in [0, 0.1) is 0 Å². The van der Waals surface area contributed by atoms with Crippen LogP contribution >= 0.6 is 23.3 Å². The minimum atomic E-state index is 0.415. The highest BCUT2D eigenvalue weighted by atomic mass is 35.5. The molecule has 84 valence electrons. The summed E-state index contributed by atoms with van der Waals surface area (Å²) in [7, 11) is 0. The van der Waals surface area contributed by atoms with Gasteiger partial charge in [0.05, 0.1) is 11.7 Å². The van der Waals surface area contributed by atoms with Gasteiger partial charge in [-0.25, -0.2) is 0 Å². The zero-order valence-corrected chi connectivity index (χ0v) is 10.6. The molecule has 0 aliphatic heterocycles. The summed E-state index contributed by atoms with van der Waals surface area (Å²) in [6.07, 6.45) is 0. The third-order valence-corrected chi connectivity index (χ3v) is 3.18. The molecule has 0 spiro atoms. The van der Waals surface area contributed by atoms with Gasteiger partial charge in [0.1, 0.15) is 0 Å². The van der Waals surface area contributed by atoms with E-state index in [4.69, 9.17) is 11.6 Å². The number of benzene rings is 1. The van der Waals surface area contributed by atoms with E-state index in [0.29, 0.717) is 16.9 Å². The van der Waals surface area contributed by atoms with Gasteiger partial charge < -0.3 is 5.32 Å². The van der Waals surface area contributed by atoms with E-state index in [2.05, 4.69) is 40.0 Å². The molecule has 1 aromatic heterocycles. The molecule has 5 heteroatoms. The maximum atomic E-state index is 5.85. The lowest BCUT2D eigenvalue weighted by Gasteiger charge is -2.07. The predicted molar refractivity (Wildman–Crippen MR) is 68.7 cm³/mol. The highest BCUT2D eigenvalue weighted by Crippen LogP contribution is 2.24. The third kappa shape index (κ3) is 2.51. The van der Waals surface area contributed by atoms with Crippen molar-refractivity contribution < 1.29 is 0 Å². The normalized spacial score (nSPS) is 10.8. The van der Waals surface area contributed by atoms with Crippen molar-refractivity contribution in [2.24, 2.45) is 0 Å². The number of nitrogens with one attached hydrogen (secondary N) is 1. The smallest absolute Gasteiger partial charge is 0.187 e. The van der Waals surface area contributed by atoms with Crippen molar-refractivity contribution in [2.45, 2.75) is 19.8 Å². The summed E-state index contributed by atoms with van der Waals surface area (Å²) in [5.41, 5.74) is 2.28. The fraction of sp³-hybridized carbons (Fsp3) is 0.273. The number of anilines is 2. The summed E-state index contributed by atoms with van der Waals surface area (Å²) in [4.78, 5) is 0. The Morgan fingerprint density at radius 3 is 2.38 bits per heavy atom. The molecule has 1 N–H and O–H groups in total. The second-order valence-corrected chi connectivity index (χ2v) is 4.69. The van der Waals surface area contributed by atoms with E-state index in [9.17, 15) is 0 Å². The average molecular weight is 254 g/mol. The van der Waals surface area contributed by atoms with E-state index < -0.39 is 0 Å². The van der Waals surface area contributed by atoms with E-state index in [1.165, 1.54) is 5.56 Å². The molecule has 0 saturated heterocycles. The summed E-state index contributed by atoms with van der Waals surface area (Å²) in [6, 6.07) is 8.23. The SMILES string of the molecule is CC(C)c1ccc(Nc2nsnc2Cl)cc1. The summed E-state index contributed by atoms with van der Waals surface area (Å²) < 4.78 is 7.95. The van der Waals surface area contributed by atoms with Crippen LogP contribution < -0.4 is 5.32 Å². The molecule has 0 atom stereocenters. The van der Waals surface area contributed by atoms with Crippen LogP contribution in [0.4, 0.5) is 11.5 Å². The quantitative estimate of drug-likeness (QED) is 0.897. The number of hydrogen-bond donors (Lipinski definition) is 1. The zero-order valence-electron chi connectivity index (χ0n) is 9.07. The molecule has 1 aromatic carbocycles. The first-order valence-electron chi connectivity index (χ1n) is 5.02. The summed E-state index contributed by atoms with van der Waals surface area (Å²) in [5, 5.41) is 3.54. The van der Waals surface area contributed by atoms with Crippen LogP contribution in [0.1, 0.15) is 25.3 Å². The van der Waals surface area contributed by atoms with Gasteiger partial charge in [-0.2, -0.15) is 8.75 Å². The Kier molecular flexibility index (Phi) is 3.41. The molecule has 0 aliphatic rings. The van der Waals surface area contributed by atoms with Crippen LogP contribution in [0.5, 0.6) is 0 Å². The van der Waals surface area contributed by atoms with E-state index in [-0.39, 0.29) is 0 Å². The van der Waals surface area contributed by atoms with Gasteiger partial charge in [0.2, 0.25) is 0 Å². The van der Waals surface area contributed by atoms with Gasteiger partial charge in [-0.1, -0.05) is 37.6 Å². The largest absolute Gasteiger partial charge is 0.337 e. The maximum Gasteiger partial charge on any atom is 0.187 e. The van der Waals surface area contributed by atoms with Crippen molar-refractivity contribution in [3.63, 3.8) is 0 Å². The number of aromatic nitrogens is 2. The molecule has 0 bridgehead atoms. The summed E-state index contributed by atoms with van der Waals surface area (Å²) in [5.74, 6) is 1.16. The number of rotatable bonds is 3. The van der Waals surface area contributed by atoms with Crippen LogP contribution in [0.15, 0.2) is 24.3 Å². The number of hydrogen-bond acceptors (Lipinski definition) is 4. The molecule has 0 amide bonds. The fourth-order valence-corrected chi connectivity index (χ4v) is 1.99. The topological polar surface area (TPSA) is 37.8 Å². The Balaban J connectivity index is 2.14. The van der Waals surface area contributed by atoms with Gasteiger partial charge in [-0.05, 0) is 23.6 Å². The van der Waals surface area contributed by atoms with E-state index >= 15 is 0 Å². The Morgan fingerprint density at radius 1 is 1.19 bits per heavy atom. The van der Waals surface area contributed by atoms with Crippen molar-refractivity contribution in [2.75, 3.05) is 5.32 Å². The van der Waals surface area contributed by atoms with Gasteiger partial charge in [0, 0.05) is 5.69 Å². The van der Waals surface area contributed by atoms with E-state index in [1.54, 1.807) is 0 Å². The average Bonchev–Trinajstić information content (AvgIpc) is 2.65. The van der Waals surface area contributed by atoms with Crippen LogP contribution in [-0.2, 0) is 0 Å². The standard InChI is InChI=1S/C11H12ClN3S/c1-7(2)8-3-5-9(6-4-8)13-11-10(12)14-16-15-11/h3-7H,1-2H3,(H,13,15). The minimum Gasteiger partial charge on any atom is -0.337 e. The molecule has 3 nitrogen and oxygen atoms in total. The first kappa shape index (κ1) is 11.4. The van der Waals surface area contributed by atoms with Crippen LogP contribution in [-0.4, -0.2) is 8.75 Å². The molecule has 1 heterocycles. The lowest BCUT2D eigenvalue weighted by Crippen LogP contribution is -1.92. The Morgan fingerprint density at radius 2 is 1.88 bits per heavy atom. The first-order valence-corrected chi connectivity index (χ1v) is 6.12. The highest BCUT2D eigenvalue weighted by molar-refractivity contribution is 6.99. The molecule has 0 aliphatic carbocycles. The minimum absolute atomic E-state index is 0.415. The van der Waals surface area contributed by atoms with Gasteiger partial charge in [0.25, 0.3) is 0 Å². The second-order valence-electron chi connectivity index (χ2n) is 3.81. The fourth-order valence-electron chi connectivity index (χ4n) is 1.34. The highest BCUT2D eigenvalue weighted by Gasteiger charge is 2.05. The van der Waals surface area contributed by atoms with Crippen molar-refractivity contribution in [3.05, 3.63) is 35.0 Å². The monoisotopic (exact) mass is 253 g/mol. The molecule has 0 unspecified atom stereocenters. The first-order chi connectivity index (χ1) is 7.66. The van der Waals surface area contributed by atoms with Gasteiger partial charge in [-0.15, -0.1) is 0 Å². The maximum absolute atomic E-state index is 5.85. The van der Waals surface area contributed by atoms with Crippen molar-refractivity contribution in [3.8, 4) is 0 Å². The lowest BCUT2D eigenvalue weighted by molar-refractivity contribution is 0.867. The molecule has 2 aromatic rings. The molecule has 2 rings (SSSR count). The van der Waals surface area contributed by atoms with Gasteiger partial charge in [0.15, 0.2) is 11.0 Å². The molecular formula is C11H12ClN3S. The van der Waals surface area contributed by atoms with Gasteiger partial charge in [-0.3, -0.25) is 0 Å². The lowest BCUT2D eigenvalue weighted by atomic mass is 10.0. The predicted octanol–water partition coefficient (Wildman–Crippen LogP) is 4.06. The zero-order chi connectivity index (χ0) is 11.5. The Hall–Kier alpha value is -1.13. The Bertz CT molecular complexity index is 464.